The second-order valence-corrected chi connectivity index (χ2v) is 5.62. The standard InChI is InChI=1S/C13H22N2O5/c1-9(10(16)20-4)7-14(3)12(19)15-6-5-13(2,8-15)11(17)18/h9H,5-8H2,1-4H3,(H,17,18). The van der Waals surface area contributed by atoms with E-state index in [0.29, 0.717) is 13.0 Å². The molecule has 2 amide bonds. The van der Waals surface area contributed by atoms with E-state index in [0.717, 1.165) is 0 Å². The normalized spacial score (nSPS) is 23.3. The van der Waals surface area contributed by atoms with Crippen LogP contribution < -0.4 is 0 Å². The summed E-state index contributed by atoms with van der Waals surface area (Å²) in [6, 6.07) is -0.259. The van der Waals surface area contributed by atoms with Gasteiger partial charge in [-0.15, -0.1) is 0 Å². The van der Waals surface area contributed by atoms with Crippen LogP contribution in [0.2, 0.25) is 0 Å². The number of hydrogen-bond donors (Lipinski definition) is 1. The Bertz CT molecular complexity index is 412. The van der Waals surface area contributed by atoms with Crippen LogP contribution in [0.15, 0.2) is 0 Å². The Balaban J connectivity index is 2.59. The number of urea groups is 1. The van der Waals surface area contributed by atoms with E-state index in [2.05, 4.69) is 4.74 Å². The third-order valence-electron chi connectivity index (χ3n) is 3.74. The molecule has 1 saturated heterocycles. The van der Waals surface area contributed by atoms with Gasteiger partial charge in [-0.3, -0.25) is 9.59 Å². The molecule has 20 heavy (non-hydrogen) atoms. The maximum absolute atomic E-state index is 12.2. The fourth-order valence-electron chi connectivity index (χ4n) is 2.30. The van der Waals surface area contributed by atoms with Gasteiger partial charge in [-0.2, -0.15) is 0 Å². The van der Waals surface area contributed by atoms with Gasteiger partial charge in [0, 0.05) is 26.7 Å². The second-order valence-electron chi connectivity index (χ2n) is 5.62. The van der Waals surface area contributed by atoms with Crippen molar-refractivity contribution in [2.45, 2.75) is 20.3 Å². The number of carbonyl (C=O) groups excluding carboxylic acids is 2. The van der Waals surface area contributed by atoms with E-state index in [1.807, 2.05) is 0 Å². The molecule has 7 heteroatoms. The predicted molar refractivity (Wildman–Crippen MR) is 71.1 cm³/mol. The Kier molecular flexibility index (Phi) is 4.97. The molecule has 0 spiro atoms. The Morgan fingerprint density at radius 1 is 1.45 bits per heavy atom. The SMILES string of the molecule is COC(=O)C(C)CN(C)C(=O)N1CCC(C)(C(=O)O)C1. The summed E-state index contributed by atoms with van der Waals surface area (Å²) in [4.78, 5) is 37.6. The molecule has 114 valence electrons. The Labute approximate surface area is 118 Å². The van der Waals surface area contributed by atoms with E-state index >= 15 is 0 Å². The molecule has 2 unspecified atom stereocenters. The fourth-order valence-corrected chi connectivity index (χ4v) is 2.30. The zero-order valence-corrected chi connectivity index (χ0v) is 12.4. The van der Waals surface area contributed by atoms with Gasteiger partial charge in [-0.05, 0) is 13.3 Å². The van der Waals surface area contributed by atoms with Gasteiger partial charge in [0.15, 0.2) is 0 Å². The van der Waals surface area contributed by atoms with E-state index in [1.165, 1.54) is 16.9 Å². The van der Waals surface area contributed by atoms with Gasteiger partial charge in [0.05, 0.1) is 18.4 Å². The van der Waals surface area contributed by atoms with Crippen molar-refractivity contribution in [2.24, 2.45) is 11.3 Å². The van der Waals surface area contributed by atoms with E-state index < -0.39 is 17.3 Å². The van der Waals surface area contributed by atoms with Crippen LogP contribution in [0.5, 0.6) is 0 Å². The molecule has 0 aromatic carbocycles. The van der Waals surface area contributed by atoms with E-state index in [1.54, 1.807) is 20.9 Å². The summed E-state index contributed by atoms with van der Waals surface area (Å²) in [5.74, 6) is -1.68. The first-order chi connectivity index (χ1) is 9.21. The summed E-state index contributed by atoms with van der Waals surface area (Å²) in [6.45, 7) is 4.17. The zero-order valence-electron chi connectivity index (χ0n) is 12.4. The maximum atomic E-state index is 12.2. The number of carbonyl (C=O) groups is 3. The summed E-state index contributed by atoms with van der Waals surface area (Å²) in [5.41, 5.74) is -0.884. The smallest absolute Gasteiger partial charge is 0.319 e. The third kappa shape index (κ3) is 3.40. The topological polar surface area (TPSA) is 87.2 Å². The Hall–Kier alpha value is -1.79. The molecule has 0 aromatic rings. The molecule has 0 aromatic heterocycles. The lowest BCUT2D eigenvalue weighted by molar-refractivity contribution is -0.147. The minimum Gasteiger partial charge on any atom is -0.481 e. The van der Waals surface area contributed by atoms with E-state index in [4.69, 9.17) is 5.11 Å². The number of methoxy groups -OCH3 is 1. The highest BCUT2D eigenvalue weighted by Crippen LogP contribution is 2.30. The third-order valence-corrected chi connectivity index (χ3v) is 3.74. The number of hydrogen-bond acceptors (Lipinski definition) is 4. The number of nitrogens with zero attached hydrogens (tertiary/aromatic N) is 2. The van der Waals surface area contributed by atoms with Crippen LogP contribution in [0, 0.1) is 11.3 Å². The number of esters is 1. The average molecular weight is 286 g/mol. The van der Waals surface area contributed by atoms with Crippen LogP contribution >= 0.6 is 0 Å². The minimum atomic E-state index is -0.890. The molecule has 1 fully saturated rings. The number of likely N-dealkylation sites (tertiary alicyclic amines) is 1. The molecule has 0 bridgehead atoms. The average Bonchev–Trinajstić information content (AvgIpc) is 2.80. The minimum absolute atomic E-state index is 0.193. The van der Waals surface area contributed by atoms with Crippen molar-refractivity contribution in [1.82, 2.24) is 9.80 Å². The van der Waals surface area contributed by atoms with Crippen LogP contribution in [-0.2, 0) is 14.3 Å². The molecule has 1 aliphatic rings. The van der Waals surface area contributed by atoms with E-state index in [-0.39, 0.29) is 25.1 Å². The molecule has 2 atom stereocenters. The number of ether oxygens (including phenoxy) is 1. The Morgan fingerprint density at radius 2 is 2.05 bits per heavy atom. The first-order valence-electron chi connectivity index (χ1n) is 6.52. The van der Waals surface area contributed by atoms with Gasteiger partial charge < -0.3 is 19.6 Å². The molecule has 1 N–H and O–H groups in total. The lowest BCUT2D eigenvalue weighted by atomic mass is 9.90. The molecule has 1 aliphatic heterocycles. The van der Waals surface area contributed by atoms with Gasteiger partial charge >= 0.3 is 18.0 Å². The summed E-state index contributed by atoms with van der Waals surface area (Å²) < 4.78 is 4.61. The van der Waals surface area contributed by atoms with Crippen molar-refractivity contribution in [3.8, 4) is 0 Å². The molecule has 1 heterocycles. The zero-order chi connectivity index (χ0) is 15.5. The van der Waals surface area contributed by atoms with Gasteiger partial charge in [0.1, 0.15) is 0 Å². The lowest BCUT2D eigenvalue weighted by Gasteiger charge is -2.27. The van der Waals surface area contributed by atoms with Crippen molar-refractivity contribution < 1.29 is 24.2 Å². The first kappa shape index (κ1) is 16.3. The summed E-state index contributed by atoms with van der Waals surface area (Å²) in [5, 5.41) is 9.15. The number of carboxylic acids is 1. The molecular weight excluding hydrogens is 264 g/mol. The lowest BCUT2D eigenvalue weighted by Crippen LogP contribution is -2.44. The monoisotopic (exact) mass is 286 g/mol. The molecule has 0 saturated carbocycles. The largest absolute Gasteiger partial charge is 0.481 e. The van der Waals surface area contributed by atoms with Crippen molar-refractivity contribution in [3.63, 3.8) is 0 Å². The quantitative estimate of drug-likeness (QED) is 0.766. The first-order valence-corrected chi connectivity index (χ1v) is 6.52. The van der Waals surface area contributed by atoms with Crippen LogP contribution in [0.1, 0.15) is 20.3 Å². The van der Waals surface area contributed by atoms with Crippen LogP contribution in [0.25, 0.3) is 0 Å². The van der Waals surface area contributed by atoms with Gasteiger partial charge in [-0.25, -0.2) is 4.79 Å². The van der Waals surface area contributed by atoms with Gasteiger partial charge in [0.2, 0.25) is 0 Å². The second kappa shape index (κ2) is 6.11. The summed E-state index contributed by atoms with van der Waals surface area (Å²) in [7, 11) is 2.90. The number of amides is 2. The maximum Gasteiger partial charge on any atom is 0.319 e. The molecule has 7 nitrogen and oxygen atoms in total. The number of aliphatic carboxylic acids is 1. The molecule has 0 aliphatic carbocycles. The van der Waals surface area contributed by atoms with Crippen LogP contribution in [0.3, 0.4) is 0 Å². The highest BCUT2D eigenvalue weighted by Gasteiger charge is 2.42. The highest BCUT2D eigenvalue weighted by molar-refractivity contribution is 5.80. The Morgan fingerprint density at radius 3 is 2.50 bits per heavy atom. The highest BCUT2D eigenvalue weighted by atomic mass is 16.5. The van der Waals surface area contributed by atoms with E-state index in [9.17, 15) is 14.4 Å². The fraction of sp³-hybridized carbons (Fsp3) is 0.769. The van der Waals surface area contributed by atoms with Crippen molar-refractivity contribution in [1.29, 1.82) is 0 Å². The molecule has 1 rings (SSSR count). The molecule has 0 radical (unpaired) electrons. The van der Waals surface area contributed by atoms with Crippen molar-refractivity contribution >= 4 is 18.0 Å². The van der Waals surface area contributed by atoms with Gasteiger partial charge in [0.25, 0.3) is 0 Å². The van der Waals surface area contributed by atoms with Crippen molar-refractivity contribution in [2.75, 3.05) is 33.8 Å². The predicted octanol–water partition coefficient (Wildman–Crippen LogP) is 0.644. The number of rotatable bonds is 4. The van der Waals surface area contributed by atoms with Crippen LogP contribution in [-0.4, -0.2) is 66.7 Å². The summed E-state index contributed by atoms with van der Waals surface area (Å²) >= 11 is 0. The van der Waals surface area contributed by atoms with Crippen molar-refractivity contribution in [3.05, 3.63) is 0 Å². The summed E-state index contributed by atoms with van der Waals surface area (Å²) in [6.07, 6.45) is 0.439. The van der Waals surface area contributed by atoms with Gasteiger partial charge in [-0.1, -0.05) is 6.92 Å². The number of carboxylic acid groups (broad SMARTS) is 1. The van der Waals surface area contributed by atoms with Crippen LogP contribution in [0.4, 0.5) is 4.79 Å². The molecular formula is C13H22N2O5.